The Bertz CT molecular complexity index is 1190. The first-order chi connectivity index (χ1) is 13.0. The lowest BCUT2D eigenvalue weighted by molar-refractivity contribution is -0.144. The maximum Gasteiger partial charge on any atom is 0.431 e. The van der Waals surface area contributed by atoms with Gasteiger partial charge in [-0.1, -0.05) is 11.6 Å². The number of alkyl halides is 3. The summed E-state index contributed by atoms with van der Waals surface area (Å²) in [4.78, 5) is 24.8. The Morgan fingerprint density at radius 2 is 1.86 bits per heavy atom. The van der Waals surface area contributed by atoms with E-state index in [1.165, 1.54) is 6.07 Å². The van der Waals surface area contributed by atoms with Crippen LogP contribution in [-0.2, 0) is 13.2 Å². The molecule has 0 fully saturated rings. The van der Waals surface area contributed by atoms with E-state index in [1.807, 2.05) is 0 Å². The van der Waals surface area contributed by atoms with Crippen molar-refractivity contribution in [1.29, 1.82) is 0 Å². The van der Waals surface area contributed by atoms with E-state index in [0.29, 0.717) is 10.3 Å². The second-order valence-electron chi connectivity index (χ2n) is 6.13. The maximum atomic E-state index is 14.7. The third-order valence-electron chi connectivity index (χ3n) is 4.40. The molecule has 1 aromatic carbocycles. The van der Waals surface area contributed by atoms with Gasteiger partial charge in [-0.3, -0.25) is 9.36 Å². The number of nitrogens with one attached hydrogen (secondary N) is 1. The van der Waals surface area contributed by atoms with Crippen LogP contribution in [0.15, 0.2) is 32.2 Å². The van der Waals surface area contributed by atoms with Crippen LogP contribution in [0, 0.1) is 5.82 Å². The van der Waals surface area contributed by atoms with E-state index in [4.69, 9.17) is 16.0 Å². The van der Waals surface area contributed by atoms with Crippen molar-refractivity contribution in [2.75, 3.05) is 7.05 Å². The molecule has 2 heterocycles. The standard InChI is InChI=1S/C17H14ClF4N3O3/c1-7(23-2)11-4-8-9(18)5-10(19)14(15(8)28-11)25-13(26)6-12(17(20,21)22)24(3)16(25)27/h4-7,23H,1-3H3. The van der Waals surface area contributed by atoms with Gasteiger partial charge in [-0.05, 0) is 26.1 Å². The van der Waals surface area contributed by atoms with Gasteiger partial charge in [0.2, 0.25) is 0 Å². The molecule has 1 atom stereocenters. The predicted octanol–water partition coefficient (Wildman–Crippen LogP) is 3.37. The number of hydrogen-bond acceptors (Lipinski definition) is 4. The van der Waals surface area contributed by atoms with Crippen molar-refractivity contribution in [2.24, 2.45) is 7.05 Å². The first-order valence-electron chi connectivity index (χ1n) is 7.96. The van der Waals surface area contributed by atoms with E-state index in [0.717, 1.165) is 13.1 Å². The van der Waals surface area contributed by atoms with Gasteiger partial charge in [-0.2, -0.15) is 13.2 Å². The van der Waals surface area contributed by atoms with Crippen LogP contribution in [0.2, 0.25) is 5.02 Å². The Balaban J connectivity index is 2.43. The lowest BCUT2D eigenvalue weighted by atomic mass is 10.2. The molecule has 3 rings (SSSR count). The zero-order valence-corrected chi connectivity index (χ0v) is 15.6. The van der Waals surface area contributed by atoms with Crippen molar-refractivity contribution in [1.82, 2.24) is 14.5 Å². The predicted molar refractivity (Wildman–Crippen MR) is 94.5 cm³/mol. The second kappa shape index (κ2) is 6.78. The summed E-state index contributed by atoms with van der Waals surface area (Å²) in [6.07, 6.45) is -4.93. The van der Waals surface area contributed by atoms with Crippen molar-refractivity contribution >= 4 is 22.6 Å². The largest absolute Gasteiger partial charge is 0.457 e. The number of nitrogens with zero attached hydrogens (tertiary/aromatic N) is 2. The summed E-state index contributed by atoms with van der Waals surface area (Å²) in [6.45, 7) is 1.74. The number of halogens is 5. The van der Waals surface area contributed by atoms with Crippen LogP contribution in [-0.4, -0.2) is 16.2 Å². The fourth-order valence-corrected chi connectivity index (χ4v) is 3.03. The van der Waals surface area contributed by atoms with Gasteiger partial charge >= 0.3 is 11.9 Å². The minimum atomic E-state index is -4.93. The molecule has 0 aliphatic carbocycles. The fraction of sp³-hybridized carbons (Fsp3) is 0.294. The highest BCUT2D eigenvalue weighted by Crippen LogP contribution is 2.35. The van der Waals surface area contributed by atoms with E-state index in [2.05, 4.69) is 5.32 Å². The number of aromatic nitrogens is 2. The number of furan rings is 1. The first kappa shape index (κ1) is 20.2. The third kappa shape index (κ3) is 3.12. The molecule has 6 nitrogen and oxygen atoms in total. The average Bonchev–Trinajstić information content (AvgIpc) is 3.04. The molecule has 0 radical (unpaired) electrons. The van der Waals surface area contributed by atoms with Gasteiger partial charge in [0.25, 0.3) is 5.56 Å². The summed E-state index contributed by atoms with van der Waals surface area (Å²) < 4.78 is 59.9. The molecule has 0 saturated carbocycles. The quantitative estimate of drug-likeness (QED) is 0.661. The summed E-state index contributed by atoms with van der Waals surface area (Å²) in [6, 6.07) is 2.28. The van der Waals surface area contributed by atoms with Crippen LogP contribution in [0.25, 0.3) is 16.7 Å². The Labute approximate surface area is 159 Å². The molecule has 0 amide bonds. The molecular weight excluding hydrogens is 406 g/mol. The Morgan fingerprint density at radius 3 is 2.43 bits per heavy atom. The molecule has 3 aromatic rings. The van der Waals surface area contributed by atoms with Gasteiger partial charge in [0.1, 0.15) is 17.1 Å². The zero-order valence-electron chi connectivity index (χ0n) is 14.8. The molecule has 1 N–H and O–H groups in total. The molecule has 150 valence electrons. The molecule has 28 heavy (non-hydrogen) atoms. The molecule has 0 bridgehead atoms. The molecule has 0 aliphatic rings. The van der Waals surface area contributed by atoms with Crippen LogP contribution >= 0.6 is 11.6 Å². The highest BCUT2D eigenvalue weighted by Gasteiger charge is 2.35. The van der Waals surface area contributed by atoms with Crippen LogP contribution in [0.3, 0.4) is 0 Å². The summed E-state index contributed by atoms with van der Waals surface area (Å²) in [5.74, 6) is -0.752. The molecule has 2 aromatic heterocycles. The normalized spacial score (nSPS) is 13.3. The molecular formula is C17H14ClF4N3O3. The van der Waals surface area contributed by atoms with E-state index in [9.17, 15) is 27.2 Å². The summed E-state index contributed by atoms with van der Waals surface area (Å²) in [5, 5.41) is 3.08. The first-order valence-corrected chi connectivity index (χ1v) is 8.34. The van der Waals surface area contributed by atoms with Crippen molar-refractivity contribution in [3.8, 4) is 5.69 Å². The minimum absolute atomic E-state index is 0.0358. The van der Waals surface area contributed by atoms with E-state index in [1.54, 1.807) is 14.0 Å². The van der Waals surface area contributed by atoms with E-state index < -0.39 is 34.6 Å². The smallest absolute Gasteiger partial charge is 0.431 e. The van der Waals surface area contributed by atoms with Gasteiger partial charge in [-0.15, -0.1) is 0 Å². The van der Waals surface area contributed by atoms with E-state index in [-0.39, 0.29) is 32.7 Å². The molecule has 0 saturated heterocycles. The maximum absolute atomic E-state index is 14.7. The van der Waals surface area contributed by atoms with Crippen LogP contribution in [0.1, 0.15) is 24.4 Å². The van der Waals surface area contributed by atoms with Crippen molar-refractivity contribution < 1.29 is 22.0 Å². The van der Waals surface area contributed by atoms with Crippen LogP contribution < -0.4 is 16.6 Å². The van der Waals surface area contributed by atoms with Gasteiger partial charge < -0.3 is 9.73 Å². The van der Waals surface area contributed by atoms with Gasteiger partial charge in [-0.25, -0.2) is 13.8 Å². The number of rotatable bonds is 3. The van der Waals surface area contributed by atoms with Crippen molar-refractivity contribution in [3.05, 3.63) is 61.3 Å². The summed E-state index contributed by atoms with van der Waals surface area (Å²) in [7, 11) is 2.49. The Kier molecular flexibility index (Phi) is 4.88. The second-order valence-corrected chi connectivity index (χ2v) is 6.54. The number of hydrogen-bond donors (Lipinski definition) is 1. The van der Waals surface area contributed by atoms with Gasteiger partial charge in [0, 0.05) is 18.5 Å². The molecule has 11 heteroatoms. The number of fused-ring (bicyclic) bond motifs is 1. The minimum Gasteiger partial charge on any atom is -0.457 e. The van der Waals surface area contributed by atoms with Gasteiger partial charge in [0.05, 0.1) is 11.1 Å². The summed E-state index contributed by atoms with van der Waals surface area (Å²) >= 11 is 6.04. The fourth-order valence-electron chi connectivity index (χ4n) is 2.80. The highest BCUT2D eigenvalue weighted by molar-refractivity contribution is 6.35. The monoisotopic (exact) mass is 419 g/mol. The lowest BCUT2D eigenvalue weighted by Crippen LogP contribution is -2.41. The van der Waals surface area contributed by atoms with Crippen molar-refractivity contribution in [3.63, 3.8) is 0 Å². The summed E-state index contributed by atoms with van der Waals surface area (Å²) in [5.41, 5.74) is -5.00. The van der Waals surface area contributed by atoms with Crippen LogP contribution in [0.5, 0.6) is 0 Å². The van der Waals surface area contributed by atoms with E-state index >= 15 is 0 Å². The molecule has 1 unspecified atom stereocenters. The molecule has 0 aliphatic heterocycles. The molecule has 0 spiro atoms. The highest BCUT2D eigenvalue weighted by atomic mass is 35.5. The third-order valence-corrected chi connectivity index (χ3v) is 4.71. The van der Waals surface area contributed by atoms with Crippen LogP contribution in [0.4, 0.5) is 17.6 Å². The average molecular weight is 420 g/mol. The zero-order chi connectivity index (χ0) is 21.0. The van der Waals surface area contributed by atoms with Crippen molar-refractivity contribution in [2.45, 2.75) is 19.1 Å². The lowest BCUT2D eigenvalue weighted by Gasteiger charge is -2.14. The Morgan fingerprint density at radius 1 is 1.21 bits per heavy atom. The SMILES string of the molecule is CNC(C)c1cc2c(Cl)cc(F)c(-n3c(=O)cc(C(F)(F)F)n(C)c3=O)c2o1. The topological polar surface area (TPSA) is 69.2 Å². The van der Waals surface area contributed by atoms with Gasteiger partial charge in [0.15, 0.2) is 11.4 Å². The Hall–Kier alpha value is -2.59. The number of benzene rings is 1.